The normalized spacial score (nSPS) is 17.6. The van der Waals surface area contributed by atoms with Crippen molar-refractivity contribution in [1.29, 1.82) is 0 Å². The van der Waals surface area contributed by atoms with Gasteiger partial charge in [0.2, 0.25) is 0 Å². The minimum absolute atomic E-state index is 0.0942. The number of hydrogen-bond acceptors (Lipinski definition) is 4. The Morgan fingerprint density at radius 2 is 2.10 bits per heavy atom. The second-order valence-electron chi connectivity index (χ2n) is 4.98. The maximum Gasteiger partial charge on any atom is 0.274 e. The van der Waals surface area contributed by atoms with Gasteiger partial charge in [-0.2, -0.15) is 0 Å². The quantitative estimate of drug-likeness (QED) is 0.492. The van der Waals surface area contributed by atoms with Gasteiger partial charge in [-0.15, -0.1) is 6.58 Å². The minimum Gasteiger partial charge on any atom is -0.314 e. The SMILES string of the molecule is C=CCC[C@H](c1ccccc1[N+](=O)[O-])N1CCNCC1. The number of nitro benzene ring substituents is 1. The number of nitro groups is 1. The van der Waals surface area contributed by atoms with Crippen LogP contribution in [0.2, 0.25) is 0 Å². The van der Waals surface area contributed by atoms with Crippen LogP contribution in [0.15, 0.2) is 36.9 Å². The highest BCUT2D eigenvalue weighted by Gasteiger charge is 2.27. The number of nitrogens with one attached hydrogen (secondary N) is 1. The van der Waals surface area contributed by atoms with Crippen LogP contribution in [0.3, 0.4) is 0 Å². The molecule has 1 N–H and O–H groups in total. The number of piperazine rings is 1. The second-order valence-corrected chi connectivity index (χ2v) is 4.98. The Balaban J connectivity index is 2.29. The number of hydrogen-bond donors (Lipinski definition) is 1. The number of allylic oxidation sites excluding steroid dienone is 1. The van der Waals surface area contributed by atoms with E-state index in [1.165, 1.54) is 0 Å². The van der Waals surface area contributed by atoms with E-state index in [4.69, 9.17) is 0 Å². The van der Waals surface area contributed by atoms with Crippen molar-refractivity contribution in [3.63, 3.8) is 0 Å². The van der Waals surface area contributed by atoms with Gasteiger partial charge < -0.3 is 5.32 Å². The zero-order chi connectivity index (χ0) is 14.4. The molecular weight excluding hydrogens is 254 g/mol. The molecule has 0 aromatic heterocycles. The monoisotopic (exact) mass is 275 g/mol. The molecule has 1 saturated heterocycles. The summed E-state index contributed by atoms with van der Waals surface area (Å²) in [5.74, 6) is 0. The van der Waals surface area contributed by atoms with Gasteiger partial charge in [-0.1, -0.05) is 24.3 Å². The van der Waals surface area contributed by atoms with Crippen LogP contribution < -0.4 is 5.32 Å². The summed E-state index contributed by atoms with van der Waals surface area (Å²) in [6, 6.07) is 7.18. The van der Waals surface area contributed by atoms with E-state index in [0.29, 0.717) is 0 Å². The Morgan fingerprint density at radius 1 is 1.40 bits per heavy atom. The third-order valence-corrected chi connectivity index (χ3v) is 3.73. The molecule has 1 heterocycles. The van der Waals surface area contributed by atoms with Gasteiger partial charge in [0.15, 0.2) is 0 Å². The average molecular weight is 275 g/mol. The fourth-order valence-electron chi connectivity index (χ4n) is 2.74. The van der Waals surface area contributed by atoms with Gasteiger partial charge in [-0.25, -0.2) is 0 Å². The maximum absolute atomic E-state index is 11.2. The van der Waals surface area contributed by atoms with Gasteiger partial charge >= 0.3 is 0 Å². The second kappa shape index (κ2) is 7.17. The lowest BCUT2D eigenvalue weighted by atomic mass is 9.98. The highest BCUT2D eigenvalue weighted by molar-refractivity contribution is 5.42. The van der Waals surface area contributed by atoms with Gasteiger partial charge in [-0.05, 0) is 12.8 Å². The molecule has 1 fully saturated rings. The predicted molar refractivity (Wildman–Crippen MR) is 79.7 cm³/mol. The third kappa shape index (κ3) is 3.43. The molecule has 0 aliphatic carbocycles. The molecular formula is C15H21N3O2. The summed E-state index contributed by atoms with van der Waals surface area (Å²) in [5.41, 5.74) is 1.04. The van der Waals surface area contributed by atoms with E-state index in [2.05, 4.69) is 16.8 Å². The maximum atomic E-state index is 11.2. The standard InChI is InChI=1S/C15H21N3O2/c1-2-3-7-14(17-11-9-16-10-12-17)13-6-4-5-8-15(13)18(19)20/h2,4-6,8,14,16H,1,3,7,9-12H2/t14-/m1/s1. The number of nitrogens with zero attached hydrogens (tertiary/aromatic N) is 2. The molecule has 1 aromatic carbocycles. The van der Waals surface area contributed by atoms with Crippen molar-refractivity contribution < 1.29 is 4.92 Å². The van der Waals surface area contributed by atoms with E-state index < -0.39 is 0 Å². The van der Waals surface area contributed by atoms with Crippen LogP contribution >= 0.6 is 0 Å². The molecule has 1 aliphatic heterocycles. The molecule has 0 radical (unpaired) electrons. The molecule has 5 nitrogen and oxygen atoms in total. The van der Waals surface area contributed by atoms with Gasteiger partial charge in [-0.3, -0.25) is 15.0 Å². The zero-order valence-electron chi connectivity index (χ0n) is 11.6. The van der Waals surface area contributed by atoms with E-state index >= 15 is 0 Å². The molecule has 0 amide bonds. The molecule has 1 aliphatic rings. The molecule has 0 saturated carbocycles. The van der Waals surface area contributed by atoms with Crippen molar-refractivity contribution in [3.8, 4) is 0 Å². The van der Waals surface area contributed by atoms with Gasteiger partial charge in [0.1, 0.15) is 0 Å². The van der Waals surface area contributed by atoms with Crippen LogP contribution in [0.1, 0.15) is 24.4 Å². The van der Waals surface area contributed by atoms with Crippen LogP contribution in [0.5, 0.6) is 0 Å². The van der Waals surface area contributed by atoms with Crippen molar-refractivity contribution in [3.05, 3.63) is 52.6 Å². The van der Waals surface area contributed by atoms with Crippen LogP contribution in [0.25, 0.3) is 0 Å². The first-order valence-corrected chi connectivity index (χ1v) is 7.03. The Bertz CT molecular complexity index is 470. The molecule has 0 spiro atoms. The van der Waals surface area contributed by atoms with Crippen molar-refractivity contribution in [2.24, 2.45) is 0 Å². The fourth-order valence-corrected chi connectivity index (χ4v) is 2.74. The number of rotatable bonds is 6. The lowest BCUT2D eigenvalue weighted by Crippen LogP contribution is -2.45. The Labute approximate surface area is 119 Å². The highest BCUT2D eigenvalue weighted by atomic mass is 16.6. The van der Waals surface area contributed by atoms with E-state index in [-0.39, 0.29) is 16.7 Å². The highest BCUT2D eigenvalue weighted by Crippen LogP contribution is 2.32. The first-order valence-electron chi connectivity index (χ1n) is 7.03. The molecule has 0 unspecified atom stereocenters. The predicted octanol–water partition coefficient (Wildman–Crippen LogP) is 2.51. The van der Waals surface area contributed by atoms with E-state index in [9.17, 15) is 10.1 Å². The topological polar surface area (TPSA) is 58.4 Å². The number of para-hydroxylation sites is 1. The van der Waals surface area contributed by atoms with Crippen LogP contribution in [-0.4, -0.2) is 36.0 Å². The molecule has 5 heteroatoms. The summed E-state index contributed by atoms with van der Waals surface area (Å²) in [4.78, 5) is 13.3. The molecule has 108 valence electrons. The van der Waals surface area contributed by atoms with Gasteiger partial charge in [0.25, 0.3) is 5.69 Å². The average Bonchev–Trinajstić information content (AvgIpc) is 2.49. The van der Waals surface area contributed by atoms with Crippen molar-refractivity contribution in [1.82, 2.24) is 10.2 Å². The van der Waals surface area contributed by atoms with Gasteiger partial charge in [0, 0.05) is 43.9 Å². The van der Waals surface area contributed by atoms with E-state index in [1.54, 1.807) is 12.1 Å². The summed E-state index contributed by atoms with van der Waals surface area (Å²) < 4.78 is 0. The lowest BCUT2D eigenvalue weighted by Gasteiger charge is -2.35. The van der Waals surface area contributed by atoms with Gasteiger partial charge in [0.05, 0.1) is 4.92 Å². The van der Waals surface area contributed by atoms with Crippen molar-refractivity contribution in [2.45, 2.75) is 18.9 Å². The molecule has 1 atom stereocenters. The smallest absolute Gasteiger partial charge is 0.274 e. The fraction of sp³-hybridized carbons (Fsp3) is 0.467. The zero-order valence-corrected chi connectivity index (χ0v) is 11.6. The van der Waals surface area contributed by atoms with Crippen LogP contribution in [0.4, 0.5) is 5.69 Å². The molecule has 2 rings (SSSR count). The molecule has 0 bridgehead atoms. The van der Waals surface area contributed by atoms with Crippen LogP contribution in [-0.2, 0) is 0 Å². The van der Waals surface area contributed by atoms with Crippen molar-refractivity contribution >= 4 is 5.69 Å². The Hall–Kier alpha value is -1.72. The molecule has 20 heavy (non-hydrogen) atoms. The first kappa shape index (κ1) is 14.7. The largest absolute Gasteiger partial charge is 0.314 e. The Kier molecular flexibility index (Phi) is 5.26. The summed E-state index contributed by atoms with van der Waals surface area (Å²) in [6.07, 6.45) is 3.61. The van der Waals surface area contributed by atoms with Crippen LogP contribution in [0, 0.1) is 10.1 Å². The Morgan fingerprint density at radius 3 is 2.75 bits per heavy atom. The number of benzene rings is 1. The minimum atomic E-state index is -0.279. The molecule has 1 aromatic rings. The van der Waals surface area contributed by atoms with E-state index in [1.807, 2.05) is 18.2 Å². The summed E-state index contributed by atoms with van der Waals surface area (Å²) in [5, 5.41) is 14.6. The lowest BCUT2D eigenvalue weighted by molar-refractivity contribution is -0.386. The van der Waals surface area contributed by atoms with E-state index in [0.717, 1.165) is 44.6 Å². The summed E-state index contributed by atoms with van der Waals surface area (Å²) in [6.45, 7) is 7.48. The van der Waals surface area contributed by atoms with Crippen molar-refractivity contribution in [2.75, 3.05) is 26.2 Å². The summed E-state index contributed by atoms with van der Waals surface area (Å²) in [7, 11) is 0. The first-order chi connectivity index (χ1) is 9.74. The summed E-state index contributed by atoms with van der Waals surface area (Å²) >= 11 is 0. The third-order valence-electron chi connectivity index (χ3n) is 3.73.